The summed E-state index contributed by atoms with van der Waals surface area (Å²) in [6.45, 7) is 3.12. The third-order valence-corrected chi connectivity index (χ3v) is 3.50. The van der Waals surface area contributed by atoms with Gasteiger partial charge in [-0.1, -0.05) is 42.1 Å². The summed E-state index contributed by atoms with van der Waals surface area (Å²) < 4.78 is 11.6. The minimum absolute atomic E-state index is 0.0689. The first-order valence-corrected chi connectivity index (χ1v) is 7.82. The van der Waals surface area contributed by atoms with Crippen molar-refractivity contribution in [2.45, 2.75) is 70.7 Å². The SMILES string of the molecule is CCCCCC(CCBr)OC1CCCCO1. The third kappa shape index (κ3) is 6.21. The molecule has 1 rings (SSSR count). The zero-order valence-electron chi connectivity index (χ0n) is 10.4. The van der Waals surface area contributed by atoms with Gasteiger partial charge in [0.25, 0.3) is 0 Å². The zero-order valence-corrected chi connectivity index (χ0v) is 12.0. The van der Waals surface area contributed by atoms with Crippen LogP contribution in [0.2, 0.25) is 0 Å². The zero-order chi connectivity index (χ0) is 11.6. The van der Waals surface area contributed by atoms with Crippen molar-refractivity contribution < 1.29 is 9.47 Å². The summed E-state index contributed by atoms with van der Waals surface area (Å²) in [5.41, 5.74) is 0. The molecule has 0 aliphatic carbocycles. The largest absolute Gasteiger partial charge is 0.353 e. The Kier molecular flexibility index (Phi) is 8.52. The highest BCUT2D eigenvalue weighted by atomic mass is 79.9. The minimum atomic E-state index is 0.0689. The number of halogens is 1. The molecule has 2 nitrogen and oxygen atoms in total. The molecule has 1 aliphatic rings. The summed E-state index contributed by atoms with van der Waals surface area (Å²) in [7, 11) is 0. The van der Waals surface area contributed by atoms with Crippen LogP contribution in [-0.4, -0.2) is 24.3 Å². The molecule has 0 bridgehead atoms. The van der Waals surface area contributed by atoms with Crippen LogP contribution in [0, 0.1) is 0 Å². The van der Waals surface area contributed by atoms with Gasteiger partial charge in [0.15, 0.2) is 6.29 Å². The lowest BCUT2D eigenvalue weighted by atomic mass is 10.1. The van der Waals surface area contributed by atoms with Crippen molar-refractivity contribution in [2.75, 3.05) is 11.9 Å². The average Bonchev–Trinajstić information content (AvgIpc) is 2.31. The van der Waals surface area contributed by atoms with E-state index in [9.17, 15) is 0 Å². The quantitative estimate of drug-likeness (QED) is 0.491. The highest BCUT2D eigenvalue weighted by Crippen LogP contribution is 2.20. The van der Waals surface area contributed by atoms with Crippen LogP contribution >= 0.6 is 15.9 Å². The van der Waals surface area contributed by atoms with Gasteiger partial charge in [-0.2, -0.15) is 0 Å². The maximum absolute atomic E-state index is 6.03. The first-order valence-electron chi connectivity index (χ1n) is 6.69. The fourth-order valence-electron chi connectivity index (χ4n) is 2.06. The minimum Gasteiger partial charge on any atom is -0.353 e. The van der Waals surface area contributed by atoms with E-state index >= 15 is 0 Å². The molecule has 0 radical (unpaired) electrons. The lowest BCUT2D eigenvalue weighted by Crippen LogP contribution is -2.28. The smallest absolute Gasteiger partial charge is 0.157 e. The number of rotatable bonds is 8. The van der Waals surface area contributed by atoms with Crippen LogP contribution in [0.25, 0.3) is 0 Å². The van der Waals surface area contributed by atoms with E-state index in [1.165, 1.54) is 38.5 Å². The van der Waals surface area contributed by atoms with E-state index in [0.717, 1.165) is 24.8 Å². The molecule has 0 N–H and O–H groups in total. The van der Waals surface area contributed by atoms with Crippen molar-refractivity contribution in [3.8, 4) is 0 Å². The molecule has 1 heterocycles. The summed E-state index contributed by atoms with van der Waals surface area (Å²) in [5.74, 6) is 0. The van der Waals surface area contributed by atoms with Gasteiger partial charge in [-0.25, -0.2) is 0 Å². The average molecular weight is 293 g/mol. The van der Waals surface area contributed by atoms with E-state index in [1.807, 2.05) is 0 Å². The van der Waals surface area contributed by atoms with E-state index in [2.05, 4.69) is 22.9 Å². The van der Waals surface area contributed by atoms with Gasteiger partial charge in [-0.05, 0) is 32.1 Å². The second-order valence-electron chi connectivity index (χ2n) is 4.53. The Morgan fingerprint density at radius 3 is 2.81 bits per heavy atom. The molecule has 0 saturated carbocycles. The molecule has 96 valence electrons. The van der Waals surface area contributed by atoms with Gasteiger partial charge >= 0.3 is 0 Å². The summed E-state index contributed by atoms with van der Waals surface area (Å²) >= 11 is 3.50. The van der Waals surface area contributed by atoms with Gasteiger partial charge < -0.3 is 9.47 Å². The molecule has 1 fully saturated rings. The second-order valence-corrected chi connectivity index (χ2v) is 5.32. The fourth-order valence-corrected chi connectivity index (χ4v) is 2.57. The van der Waals surface area contributed by atoms with E-state index in [0.29, 0.717) is 6.10 Å². The standard InChI is InChI=1S/C13H25BrO2/c1-2-3-4-7-12(9-10-14)16-13-8-5-6-11-15-13/h12-13H,2-11H2,1H3. The van der Waals surface area contributed by atoms with Crippen molar-refractivity contribution in [2.24, 2.45) is 0 Å². The molecule has 16 heavy (non-hydrogen) atoms. The lowest BCUT2D eigenvalue weighted by Gasteiger charge is -2.27. The molecule has 0 spiro atoms. The van der Waals surface area contributed by atoms with Crippen LogP contribution in [0.5, 0.6) is 0 Å². The van der Waals surface area contributed by atoms with Gasteiger partial charge in [-0.15, -0.1) is 0 Å². The Labute approximate surface area is 108 Å². The normalized spacial score (nSPS) is 23.2. The highest BCUT2D eigenvalue weighted by molar-refractivity contribution is 9.09. The molecule has 1 saturated heterocycles. The maximum Gasteiger partial charge on any atom is 0.157 e. The predicted octanol–water partition coefficient (Wildman–Crippen LogP) is 4.26. The lowest BCUT2D eigenvalue weighted by molar-refractivity contribution is -0.189. The molecule has 2 unspecified atom stereocenters. The summed E-state index contributed by atoms with van der Waals surface area (Å²) in [6, 6.07) is 0. The number of ether oxygens (including phenoxy) is 2. The Morgan fingerprint density at radius 1 is 1.31 bits per heavy atom. The van der Waals surface area contributed by atoms with E-state index in [4.69, 9.17) is 9.47 Å². The van der Waals surface area contributed by atoms with Crippen molar-refractivity contribution in [1.82, 2.24) is 0 Å². The fraction of sp³-hybridized carbons (Fsp3) is 1.00. The first-order chi connectivity index (χ1) is 7.86. The van der Waals surface area contributed by atoms with Gasteiger partial charge in [0.2, 0.25) is 0 Å². The Balaban J connectivity index is 2.19. The van der Waals surface area contributed by atoms with Crippen molar-refractivity contribution in [1.29, 1.82) is 0 Å². The maximum atomic E-state index is 6.03. The molecule has 3 heteroatoms. The molecule has 0 aromatic heterocycles. The Morgan fingerprint density at radius 2 is 2.19 bits per heavy atom. The summed E-state index contributed by atoms with van der Waals surface area (Å²) in [4.78, 5) is 0. The number of hydrogen-bond acceptors (Lipinski definition) is 2. The highest BCUT2D eigenvalue weighted by Gasteiger charge is 2.19. The van der Waals surface area contributed by atoms with E-state index < -0.39 is 0 Å². The van der Waals surface area contributed by atoms with Crippen LogP contribution in [-0.2, 0) is 9.47 Å². The van der Waals surface area contributed by atoms with Crippen LogP contribution < -0.4 is 0 Å². The van der Waals surface area contributed by atoms with Gasteiger partial charge in [-0.3, -0.25) is 0 Å². The van der Waals surface area contributed by atoms with Gasteiger partial charge in [0.1, 0.15) is 0 Å². The number of alkyl halides is 1. The van der Waals surface area contributed by atoms with Gasteiger partial charge in [0, 0.05) is 11.9 Å². The monoisotopic (exact) mass is 292 g/mol. The van der Waals surface area contributed by atoms with E-state index in [1.54, 1.807) is 0 Å². The molecular formula is C13H25BrO2. The number of unbranched alkanes of at least 4 members (excludes halogenated alkanes) is 2. The van der Waals surface area contributed by atoms with Crippen LogP contribution in [0.1, 0.15) is 58.3 Å². The van der Waals surface area contributed by atoms with E-state index in [-0.39, 0.29) is 6.29 Å². The Hall–Kier alpha value is 0.400. The van der Waals surface area contributed by atoms with Crippen LogP contribution in [0.15, 0.2) is 0 Å². The summed E-state index contributed by atoms with van der Waals surface area (Å²) in [5, 5.41) is 1.02. The summed E-state index contributed by atoms with van der Waals surface area (Å²) in [6.07, 6.45) is 10.1. The van der Waals surface area contributed by atoms with Gasteiger partial charge in [0.05, 0.1) is 6.10 Å². The van der Waals surface area contributed by atoms with Crippen LogP contribution in [0.3, 0.4) is 0 Å². The third-order valence-electron chi connectivity index (χ3n) is 3.04. The van der Waals surface area contributed by atoms with Crippen molar-refractivity contribution in [3.05, 3.63) is 0 Å². The van der Waals surface area contributed by atoms with Crippen molar-refractivity contribution >= 4 is 15.9 Å². The molecule has 2 atom stereocenters. The predicted molar refractivity (Wildman–Crippen MR) is 71.0 cm³/mol. The van der Waals surface area contributed by atoms with Crippen LogP contribution in [0.4, 0.5) is 0 Å². The molecule has 0 aromatic carbocycles. The second kappa shape index (κ2) is 9.43. The molecule has 0 aromatic rings. The number of hydrogen-bond donors (Lipinski definition) is 0. The first kappa shape index (κ1) is 14.5. The molecule has 0 amide bonds. The molecule has 1 aliphatic heterocycles. The molecular weight excluding hydrogens is 268 g/mol. The Bertz CT molecular complexity index is 158. The van der Waals surface area contributed by atoms with Crippen molar-refractivity contribution in [3.63, 3.8) is 0 Å². The topological polar surface area (TPSA) is 18.5 Å².